The van der Waals surface area contributed by atoms with Gasteiger partial charge in [-0.25, -0.2) is 0 Å². The molecule has 116 valence electrons. The van der Waals surface area contributed by atoms with Crippen LogP contribution in [-0.2, 0) is 6.54 Å². The Bertz CT molecular complexity index is 413. The molecule has 0 bridgehead atoms. The molecular weight excluding hydrogens is 256 g/mol. The van der Waals surface area contributed by atoms with Crippen LogP contribution in [0.25, 0.3) is 0 Å². The second-order valence-electron chi connectivity index (χ2n) is 7.09. The number of benzene rings is 1. The standard InChI is InChI=1S/C19H30N2/c1-2-16-11-19(20-12-17-9-6-10-17)15-21(13-16)14-18-7-4-3-5-8-18/h3-5,7-8,16-17,19-20H,2,6,9-15H2,1H3. The number of piperidine rings is 1. The van der Waals surface area contributed by atoms with Gasteiger partial charge in [0.2, 0.25) is 0 Å². The number of nitrogens with one attached hydrogen (secondary N) is 1. The number of nitrogens with zero attached hydrogens (tertiary/aromatic N) is 1. The van der Waals surface area contributed by atoms with Gasteiger partial charge in [-0.05, 0) is 43.2 Å². The van der Waals surface area contributed by atoms with E-state index in [1.807, 2.05) is 0 Å². The molecule has 2 unspecified atom stereocenters. The first kappa shape index (κ1) is 15.1. The Morgan fingerprint density at radius 2 is 1.90 bits per heavy atom. The van der Waals surface area contributed by atoms with Crippen LogP contribution in [0.3, 0.4) is 0 Å². The van der Waals surface area contributed by atoms with Crippen molar-refractivity contribution in [2.24, 2.45) is 11.8 Å². The fourth-order valence-electron chi connectivity index (χ4n) is 3.75. The molecule has 2 aliphatic rings. The zero-order chi connectivity index (χ0) is 14.5. The Morgan fingerprint density at radius 3 is 2.57 bits per heavy atom. The molecule has 21 heavy (non-hydrogen) atoms. The fourth-order valence-corrected chi connectivity index (χ4v) is 3.75. The van der Waals surface area contributed by atoms with Crippen LogP contribution in [0.5, 0.6) is 0 Å². The molecule has 1 saturated carbocycles. The average molecular weight is 286 g/mol. The van der Waals surface area contributed by atoms with Crippen LogP contribution in [0, 0.1) is 11.8 Å². The number of likely N-dealkylation sites (tertiary alicyclic amines) is 1. The van der Waals surface area contributed by atoms with E-state index in [0.29, 0.717) is 6.04 Å². The second kappa shape index (κ2) is 7.42. The van der Waals surface area contributed by atoms with Crippen molar-refractivity contribution in [1.29, 1.82) is 0 Å². The largest absolute Gasteiger partial charge is 0.312 e. The molecule has 0 aromatic heterocycles. The topological polar surface area (TPSA) is 15.3 Å². The zero-order valence-electron chi connectivity index (χ0n) is 13.4. The van der Waals surface area contributed by atoms with Crippen molar-refractivity contribution < 1.29 is 0 Å². The number of hydrogen-bond acceptors (Lipinski definition) is 2. The summed E-state index contributed by atoms with van der Waals surface area (Å²) >= 11 is 0. The molecule has 2 fully saturated rings. The Morgan fingerprint density at radius 1 is 1.10 bits per heavy atom. The van der Waals surface area contributed by atoms with E-state index in [1.165, 1.54) is 57.3 Å². The van der Waals surface area contributed by atoms with Crippen molar-refractivity contribution in [2.45, 2.75) is 51.6 Å². The highest BCUT2D eigenvalue weighted by Crippen LogP contribution is 2.26. The van der Waals surface area contributed by atoms with Gasteiger partial charge in [0, 0.05) is 25.7 Å². The summed E-state index contributed by atoms with van der Waals surface area (Å²) < 4.78 is 0. The summed E-state index contributed by atoms with van der Waals surface area (Å²) in [6, 6.07) is 11.6. The highest BCUT2D eigenvalue weighted by Gasteiger charge is 2.27. The minimum Gasteiger partial charge on any atom is -0.312 e. The highest BCUT2D eigenvalue weighted by molar-refractivity contribution is 5.14. The second-order valence-corrected chi connectivity index (χ2v) is 7.09. The summed E-state index contributed by atoms with van der Waals surface area (Å²) in [4.78, 5) is 2.66. The Balaban J connectivity index is 1.52. The molecule has 1 aliphatic heterocycles. The molecule has 3 rings (SSSR count). The summed E-state index contributed by atoms with van der Waals surface area (Å²) in [6.07, 6.45) is 7.03. The summed E-state index contributed by atoms with van der Waals surface area (Å²) in [5, 5.41) is 3.86. The maximum absolute atomic E-state index is 3.86. The molecule has 2 heteroatoms. The molecule has 0 spiro atoms. The lowest BCUT2D eigenvalue weighted by atomic mass is 9.84. The van der Waals surface area contributed by atoms with Gasteiger partial charge in [0.15, 0.2) is 0 Å². The van der Waals surface area contributed by atoms with E-state index in [-0.39, 0.29) is 0 Å². The molecule has 1 saturated heterocycles. The summed E-state index contributed by atoms with van der Waals surface area (Å²) in [7, 11) is 0. The lowest BCUT2D eigenvalue weighted by Gasteiger charge is -2.39. The smallest absolute Gasteiger partial charge is 0.0234 e. The minimum atomic E-state index is 0.702. The van der Waals surface area contributed by atoms with E-state index in [2.05, 4.69) is 47.5 Å². The lowest BCUT2D eigenvalue weighted by Crippen LogP contribution is -2.50. The normalized spacial score (nSPS) is 27.5. The molecule has 1 aromatic rings. The quantitative estimate of drug-likeness (QED) is 0.858. The molecule has 2 atom stereocenters. The number of rotatable bonds is 6. The van der Waals surface area contributed by atoms with Gasteiger partial charge in [0.1, 0.15) is 0 Å². The van der Waals surface area contributed by atoms with Gasteiger partial charge in [0.05, 0.1) is 0 Å². The van der Waals surface area contributed by atoms with Crippen molar-refractivity contribution in [3.05, 3.63) is 35.9 Å². The molecule has 2 nitrogen and oxygen atoms in total. The summed E-state index contributed by atoms with van der Waals surface area (Å²) in [5.74, 6) is 1.83. The molecular formula is C19H30N2. The third-order valence-electron chi connectivity index (χ3n) is 5.36. The van der Waals surface area contributed by atoms with Crippen LogP contribution in [0.4, 0.5) is 0 Å². The molecule has 1 heterocycles. The Kier molecular flexibility index (Phi) is 5.32. The molecule has 1 aromatic carbocycles. The SMILES string of the molecule is CCC1CC(NCC2CCC2)CN(Cc2ccccc2)C1. The number of hydrogen-bond donors (Lipinski definition) is 1. The van der Waals surface area contributed by atoms with Crippen LogP contribution < -0.4 is 5.32 Å². The van der Waals surface area contributed by atoms with Crippen molar-refractivity contribution in [1.82, 2.24) is 10.2 Å². The maximum Gasteiger partial charge on any atom is 0.0234 e. The lowest BCUT2D eigenvalue weighted by molar-refractivity contribution is 0.126. The van der Waals surface area contributed by atoms with Crippen LogP contribution in [-0.4, -0.2) is 30.6 Å². The molecule has 0 radical (unpaired) electrons. The van der Waals surface area contributed by atoms with Crippen molar-refractivity contribution in [2.75, 3.05) is 19.6 Å². The van der Waals surface area contributed by atoms with Crippen molar-refractivity contribution in [3.8, 4) is 0 Å². The predicted octanol–water partition coefficient (Wildman–Crippen LogP) is 3.68. The van der Waals surface area contributed by atoms with Gasteiger partial charge in [-0.1, -0.05) is 50.1 Å². The average Bonchev–Trinajstić information content (AvgIpc) is 2.46. The minimum absolute atomic E-state index is 0.702. The first-order chi connectivity index (χ1) is 10.3. The third kappa shape index (κ3) is 4.31. The molecule has 1 aliphatic carbocycles. The van der Waals surface area contributed by atoms with E-state index < -0.39 is 0 Å². The van der Waals surface area contributed by atoms with Crippen LogP contribution in [0.1, 0.15) is 44.6 Å². The van der Waals surface area contributed by atoms with Crippen LogP contribution in [0.2, 0.25) is 0 Å². The Hall–Kier alpha value is -0.860. The fraction of sp³-hybridized carbons (Fsp3) is 0.684. The molecule has 1 N–H and O–H groups in total. The monoisotopic (exact) mass is 286 g/mol. The van der Waals surface area contributed by atoms with Crippen molar-refractivity contribution in [3.63, 3.8) is 0 Å². The van der Waals surface area contributed by atoms with Gasteiger partial charge in [-0.3, -0.25) is 4.90 Å². The van der Waals surface area contributed by atoms with E-state index in [0.717, 1.165) is 18.4 Å². The van der Waals surface area contributed by atoms with E-state index in [4.69, 9.17) is 0 Å². The first-order valence-corrected chi connectivity index (χ1v) is 8.83. The van der Waals surface area contributed by atoms with Crippen LogP contribution >= 0.6 is 0 Å². The van der Waals surface area contributed by atoms with E-state index in [1.54, 1.807) is 0 Å². The molecule has 0 amide bonds. The third-order valence-corrected chi connectivity index (χ3v) is 5.36. The van der Waals surface area contributed by atoms with Gasteiger partial charge in [-0.15, -0.1) is 0 Å². The summed E-state index contributed by atoms with van der Waals surface area (Å²) in [6.45, 7) is 7.20. The van der Waals surface area contributed by atoms with Gasteiger partial charge >= 0.3 is 0 Å². The van der Waals surface area contributed by atoms with Gasteiger partial charge in [0.25, 0.3) is 0 Å². The highest BCUT2D eigenvalue weighted by atomic mass is 15.2. The van der Waals surface area contributed by atoms with E-state index >= 15 is 0 Å². The maximum atomic E-state index is 3.86. The zero-order valence-corrected chi connectivity index (χ0v) is 13.4. The Labute approximate surface area is 129 Å². The van der Waals surface area contributed by atoms with Gasteiger partial charge in [-0.2, -0.15) is 0 Å². The predicted molar refractivity (Wildman–Crippen MR) is 89.2 cm³/mol. The van der Waals surface area contributed by atoms with Gasteiger partial charge < -0.3 is 5.32 Å². The van der Waals surface area contributed by atoms with Crippen molar-refractivity contribution >= 4 is 0 Å². The first-order valence-electron chi connectivity index (χ1n) is 8.83. The van der Waals surface area contributed by atoms with Crippen LogP contribution in [0.15, 0.2) is 30.3 Å². The summed E-state index contributed by atoms with van der Waals surface area (Å²) in [5.41, 5.74) is 1.45. The van der Waals surface area contributed by atoms with E-state index in [9.17, 15) is 0 Å².